The van der Waals surface area contributed by atoms with Crippen LogP contribution >= 0.6 is 0 Å². The van der Waals surface area contributed by atoms with Gasteiger partial charge in [0, 0.05) is 45.0 Å². The van der Waals surface area contributed by atoms with Gasteiger partial charge in [-0.3, -0.25) is 14.6 Å². The number of carbonyl (C=O) groups excluding carboxylic acids is 2. The Kier molecular flexibility index (Phi) is 9.37. The number of aromatic nitrogens is 1. The number of rotatable bonds is 9. The second-order valence-electron chi connectivity index (χ2n) is 10.5. The summed E-state index contributed by atoms with van der Waals surface area (Å²) < 4.78 is 5.43. The van der Waals surface area contributed by atoms with Crippen molar-refractivity contribution in [3.8, 4) is 5.75 Å². The summed E-state index contributed by atoms with van der Waals surface area (Å²) in [5.74, 6) is 2.18. The number of amides is 2. The monoisotopic (exact) mass is 491 g/mol. The number of likely N-dealkylation sites (N-methyl/N-ethyl adjacent to an activating group) is 1. The Morgan fingerprint density at radius 1 is 1.08 bits per heavy atom. The van der Waals surface area contributed by atoms with E-state index in [4.69, 9.17) is 4.74 Å². The number of benzene rings is 1. The summed E-state index contributed by atoms with van der Waals surface area (Å²) in [6.07, 6.45) is 14.2. The van der Waals surface area contributed by atoms with Crippen molar-refractivity contribution in [3.63, 3.8) is 0 Å². The molecule has 6 nitrogen and oxygen atoms in total. The molecule has 2 heterocycles. The molecular formula is C30H41N3O3. The molecule has 1 aliphatic carbocycles. The highest BCUT2D eigenvalue weighted by atomic mass is 16.5. The molecule has 0 N–H and O–H groups in total. The molecular weight excluding hydrogens is 450 g/mol. The minimum atomic E-state index is -0.0121. The van der Waals surface area contributed by atoms with Gasteiger partial charge in [-0.05, 0) is 67.3 Å². The Morgan fingerprint density at radius 2 is 1.86 bits per heavy atom. The molecule has 2 aromatic rings. The molecule has 36 heavy (non-hydrogen) atoms. The summed E-state index contributed by atoms with van der Waals surface area (Å²) in [6.45, 7) is 1.55. The van der Waals surface area contributed by atoms with E-state index in [-0.39, 0.29) is 11.9 Å². The maximum Gasteiger partial charge on any atom is 0.255 e. The van der Waals surface area contributed by atoms with Crippen LogP contribution in [0.3, 0.4) is 0 Å². The van der Waals surface area contributed by atoms with E-state index < -0.39 is 0 Å². The molecule has 4 rings (SSSR count). The Labute approximate surface area is 216 Å². The molecule has 1 aromatic heterocycles. The van der Waals surface area contributed by atoms with E-state index in [1.807, 2.05) is 30.1 Å². The molecule has 0 bridgehead atoms. The average Bonchev–Trinajstić information content (AvgIpc) is 2.95. The number of pyridine rings is 1. The lowest BCUT2D eigenvalue weighted by atomic mass is 9.84. The Hall–Kier alpha value is -2.89. The second kappa shape index (κ2) is 12.9. The lowest BCUT2D eigenvalue weighted by molar-refractivity contribution is -0.133. The first-order chi connectivity index (χ1) is 17.5. The van der Waals surface area contributed by atoms with Gasteiger partial charge in [-0.15, -0.1) is 0 Å². The molecule has 2 aliphatic rings. The predicted molar refractivity (Wildman–Crippen MR) is 142 cm³/mol. The third-order valence-corrected chi connectivity index (χ3v) is 8.23. The van der Waals surface area contributed by atoms with Crippen molar-refractivity contribution in [1.82, 2.24) is 14.8 Å². The van der Waals surface area contributed by atoms with Gasteiger partial charge in [0.15, 0.2) is 0 Å². The van der Waals surface area contributed by atoms with Crippen molar-refractivity contribution in [2.24, 2.45) is 11.8 Å². The smallest absolute Gasteiger partial charge is 0.255 e. The largest absolute Gasteiger partial charge is 0.497 e. The van der Waals surface area contributed by atoms with Crippen molar-refractivity contribution < 1.29 is 14.3 Å². The maximum absolute atomic E-state index is 13.3. The van der Waals surface area contributed by atoms with Crippen molar-refractivity contribution in [2.45, 2.75) is 70.3 Å². The molecule has 0 radical (unpaired) electrons. The zero-order valence-corrected chi connectivity index (χ0v) is 21.9. The third-order valence-electron chi connectivity index (χ3n) is 8.23. The number of ether oxygens (including phenoxy) is 1. The normalized spacial score (nSPS) is 18.0. The number of hydrogen-bond acceptors (Lipinski definition) is 4. The number of carbonyl (C=O) groups is 2. The zero-order valence-electron chi connectivity index (χ0n) is 21.9. The fraction of sp³-hybridized carbons (Fsp3) is 0.567. The van der Waals surface area contributed by atoms with Crippen molar-refractivity contribution in [1.29, 1.82) is 0 Å². The van der Waals surface area contributed by atoms with Crippen LogP contribution in [0.2, 0.25) is 0 Å². The van der Waals surface area contributed by atoms with E-state index in [2.05, 4.69) is 22.0 Å². The quantitative estimate of drug-likeness (QED) is 0.473. The highest BCUT2D eigenvalue weighted by Crippen LogP contribution is 2.30. The Balaban J connectivity index is 1.41. The number of nitrogens with zero attached hydrogens (tertiary/aromatic N) is 3. The van der Waals surface area contributed by atoms with Gasteiger partial charge in [0.1, 0.15) is 5.75 Å². The van der Waals surface area contributed by atoms with Crippen LogP contribution in [0.15, 0.2) is 48.8 Å². The van der Waals surface area contributed by atoms with E-state index in [1.165, 1.54) is 32.1 Å². The van der Waals surface area contributed by atoms with Gasteiger partial charge in [-0.2, -0.15) is 0 Å². The average molecular weight is 492 g/mol. The first-order valence-corrected chi connectivity index (χ1v) is 13.6. The Bertz CT molecular complexity index is 982. The summed E-state index contributed by atoms with van der Waals surface area (Å²) in [7, 11) is 3.58. The van der Waals surface area contributed by atoms with Crippen LogP contribution in [0.5, 0.6) is 5.75 Å². The molecule has 1 unspecified atom stereocenters. The lowest BCUT2D eigenvalue weighted by Crippen LogP contribution is -2.48. The molecule has 2 amide bonds. The van der Waals surface area contributed by atoms with Gasteiger partial charge in [-0.1, -0.05) is 44.2 Å². The van der Waals surface area contributed by atoms with Crippen LogP contribution in [0, 0.1) is 11.8 Å². The topological polar surface area (TPSA) is 62.7 Å². The highest BCUT2D eigenvalue weighted by molar-refractivity contribution is 5.94. The highest BCUT2D eigenvalue weighted by Gasteiger charge is 2.33. The number of piperidine rings is 1. The molecule has 0 spiro atoms. The van der Waals surface area contributed by atoms with Crippen molar-refractivity contribution >= 4 is 11.8 Å². The molecule has 1 aromatic carbocycles. The van der Waals surface area contributed by atoms with Crippen LogP contribution in [0.4, 0.5) is 0 Å². The fourth-order valence-corrected chi connectivity index (χ4v) is 6.00. The van der Waals surface area contributed by atoms with E-state index in [9.17, 15) is 9.59 Å². The van der Waals surface area contributed by atoms with Crippen molar-refractivity contribution in [3.05, 3.63) is 59.9 Å². The van der Waals surface area contributed by atoms with Crippen LogP contribution < -0.4 is 4.74 Å². The third kappa shape index (κ3) is 6.86. The van der Waals surface area contributed by atoms with E-state index in [1.54, 1.807) is 25.6 Å². The number of hydrogen-bond donors (Lipinski definition) is 0. The van der Waals surface area contributed by atoms with Crippen LogP contribution in [0.1, 0.15) is 73.7 Å². The van der Waals surface area contributed by atoms with Crippen molar-refractivity contribution in [2.75, 3.05) is 27.2 Å². The predicted octanol–water partition coefficient (Wildman–Crippen LogP) is 5.37. The van der Waals surface area contributed by atoms with E-state index in [0.29, 0.717) is 23.8 Å². The summed E-state index contributed by atoms with van der Waals surface area (Å²) in [5.41, 5.74) is 1.75. The van der Waals surface area contributed by atoms with Gasteiger partial charge < -0.3 is 14.5 Å². The van der Waals surface area contributed by atoms with E-state index >= 15 is 0 Å². The summed E-state index contributed by atoms with van der Waals surface area (Å²) in [4.78, 5) is 34.4. The summed E-state index contributed by atoms with van der Waals surface area (Å²) >= 11 is 0. The molecule has 1 saturated carbocycles. The standard InChI is InChI=1S/C30H41N3O3/c1-32(30(35)26-11-7-17-31-22-26)28(21-24-10-6-12-27(20-24)36-2)25-15-18-33(19-16-25)29(34)14-13-23-8-4-3-5-9-23/h6-7,10-12,17,20,22-23,25,28H,3-5,8-9,13-16,18-19,21H2,1-2H3. The number of methoxy groups -OCH3 is 1. The second-order valence-corrected chi connectivity index (χ2v) is 10.5. The van der Waals surface area contributed by atoms with Gasteiger partial charge in [0.25, 0.3) is 5.91 Å². The van der Waals surface area contributed by atoms with Gasteiger partial charge in [0.05, 0.1) is 12.7 Å². The summed E-state index contributed by atoms with van der Waals surface area (Å²) in [5, 5.41) is 0. The molecule has 194 valence electrons. The molecule has 1 saturated heterocycles. The van der Waals surface area contributed by atoms with E-state index in [0.717, 1.165) is 56.0 Å². The van der Waals surface area contributed by atoms with Gasteiger partial charge in [0.2, 0.25) is 5.91 Å². The van der Waals surface area contributed by atoms with Crippen LogP contribution in [0.25, 0.3) is 0 Å². The minimum absolute atomic E-state index is 0.0121. The maximum atomic E-state index is 13.3. The first-order valence-electron chi connectivity index (χ1n) is 13.6. The van der Waals surface area contributed by atoms with Crippen LogP contribution in [-0.4, -0.2) is 59.9 Å². The zero-order chi connectivity index (χ0) is 25.3. The summed E-state index contributed by atoms with van der Waals surface area (Å²) in [6, 6.07) is 11.8. The molecule has 2 fully saturated rings. The molecule has 6 heteroatoms. The SMILES string of the molecule is COc1cccc(CC(C2CCN(C(=O)CCC3CCCCC3)CC2)N(C)C(=O)c2cccnc2)c1. The molecule has 1 atom stereocenters. The molecule has 1 aliphatic heterocycles. The first kappa shape index (κ1) is 26.2. The Morgan fingerprint density at radius 3 is 2.56 bits per heavy atom. The van der Waals surface area contributed by atoms with Gasteiger partial charge in [-0.25, -0.2) is 0 Å². The van der Waals surface area contributed by atoms with Crippen LogP contribution in [-0.2, 0) is 11.2 Å². The fourth-order valence-electron chi connectivity index (χ4n) is 6.00. The lowest BCUT2D eigenvalue weighted by Gasteiger charge is -2.40. The number of likely N-dealkylation sites (tertiary alicyclic amines) is 1. The van der Waals surface area contributed by atoms with Gasteiger partial charge >= 0.3 is 0 Å². The minimum Gasteiger partial charge on any atom is -0.497 e.